The van der Waals surface area contributed by atoms with Crippen LogP contribution in [0, 0.1) is 0 Å². The maximum absolute atomic E-state index is 2.56. The molecule has 1 heterocycles. The van der Waals surface area contributed by atoms with Crippen molar-refractivity contribution in [3.63, 3.8) is 0 Å². The largest absolute Gasteiger partial charge is 0.334 e. The highest BCUT2D eigenvalue weighted by Gasteiger charge is 2.38. The van der Waals surface area contributed by atoms with Gasteiger partial charge in [0.25, 0.3) is 0 Å². The Bertz CT molecular complexity index is 2480. The van der Waals surface area contributed by atoms with Crippen LogP contribution in [-0.2, 0) is 5.41 Å². The summed E-state index contributed by atoms with van der Waals surface area (Å²) in [5.41, 5.74) is 16.8. The van der Waals surface area contributed by atoms with Crippen molar-refractivity contribution >= 4 is 28.3 Å². The van der Waals surface area contributed by atoms with Gasteiger partial charge in [0.05, 0.1) is 12.1 Å². The molecule has 2 nitrogen and oxygen atoms in total. The number of hydrogen-bond acceptors (Lipinski definition) is 2. The second-order valence-electron chi connectivity index (χ2n) is 15.3. The number of anilines is 4. The fraction of sp³-hybridized carbons (Fsp3) is 0.137. The summed E-state index contributed by atoms with van der Waals surface area (Å²) in [6, 6.07) is 54.2. The van der Waals surface area contributed by atoms with Crippen LogP contribution in [0.1, 0.15) is 48.4 Å². The molecule has 0 radical (unpaired) electrons. The van der Waals surface area contributed by atoms with Crippen molar-refractivity contribution in [3.8, 4) is 22.3 Å². The zero-order valence-electron chi connectivity index (χ0n) is 30.2. The van der Waals surface area contributed by atoms with Crippen LogP contribution in [0.25, 0.3) is 27.8 Å². The Hall–Kier alpha value is -6.12. The molecule has 0 bridgehead atoms. The van der Waals surface area contributed by atoms with E-state index in [1.165, 1.54) is 72.8 Å². The highest BCUT2D eigenvalue weighted by Crippen LogP contribution is 2.51. The smallest absolute Gasteiger partial charge is 0.0629 e. The Morgan fingerprint density at radius 2 is 1.32 bits per heavy atom. The third-order valence-electron chi connectivity index (χ3n) is 11.9. The van der Waals surface area contributed by atoms with Crippen LogP contribution < -0.4 is 9.80 Å². The molecule has 10 rings (SSSR count). The topological polar surface area (TPSA) is 6.48 Å². The van der Waals surface area contributed by atoms with Crippen molar-refractivity contribution in [3.05, 3.63) is 210 Å². The minimum atomic E-state index is -0.0685. The van der Waals surface area contributed by atoms with Gasteiger partial charge in [-0.1, -0.05) is 153 Å². The van der Waals surface area contributed by atoms with Gasteiger partial charge in [-0.2, -0.15) is 0 Å². The quantitative estimate of drug-likeness (QED) is 0.173. The molecule has 6 aromatic rings. The first-order valence-electron chi connectivity index (χ1n) is 19.0. The van der Waals surface area contributed by atoms with Gasteiger partial charge in [-0.05, 0) is 105 Å². The molecule has 2 heteroatoms. The maximum Gasteiger partial charge on any atom is 0.0629 e. The Balaban J connectivity index is 1.01. The highest BCUT2D eigenvalue weighted by atomic mass is 15.2. The van der Waals surface area contributed by atoms with E-state index in [2.05, 4.69) is 212 Å². The third-order valence-corrected chi connectivity index (χ3v) is 11.9. The summed E-state index contributed by atoms with van der Waals surface area (Å²) in [4.78, 5) is 5.06. The van der Waals surface area contributed by atoms with E-state index in [0.29, 0.717) is 12.0 Å². The normalized spacial score (nSPS) is 20.0. The summed E-state index contributed by atoms with van der Waals surface area (Å²) < 4.78 is 0. The van der Waals surface area contributed by atoms with Gasteiger partial charge < -0.3 is 9.80 Å². The summed E-state index contributed by atoms with van der Waals surface area (Å²) in [6.45, 7) is 4.74. The van der Waals surface area contributed by atoms with E-state index in [-0.39, 0.29) is 11.5 Å². The molecule has 256 valence electrons. The minimum Gasteiger partial charge on any atom is -0.334 e. The van der Waals surface area contributed by atoms with Crippen molar-refractivity contribution in [2.75, 3.05) is 9.80 Å². The van der Waals surface area contributed by atoms with E-state index in [1.807, 2.05) is 0 Å². The number of allylic oxidation sites excluding steroid dienone is 4. The van der Waals surface area contributed by atoms with Crippen molar-refractivity contribution < 1.29 is 0 Å². The molecule has 0 spiro atoms. The van der Waals surface area contributed by atoms with Crippen molar-refractivity contribution in [1.29, 1.82) is 0 Å². The summed E-state index contributed by atoms with van der Waals surface area (Å²) in [5.74, 6) is 0.332. The van der Waals surface area contributed by atoms with Gasteiger partial charge in [-0.15, -0.1) is 0 Å². The van der Waals surface area contributed by atoms with Crippen molar-refractivity contribution in [2.45, 2.75) is 43.7 Å². The molecular weight excluding hydrogens is 641 g/mol. The average molecular weight is 683 g/mol. The number of benzene rings is 6. The summed E-state index contributed by atoms with van der Waals surface area (Å²) in [6.07, 6.45) is 17.3. The molecular formula is C51H42N2. The van der Waals surface area contributed by atoms with E-state index in [9.17, 15) is 0 Å². The first kappa shape index (κ1) is 31.6. The van der Waals surface area contributed by atoms with E-state index in [1.54, 1.807) is 0 Å². The molecule has 0 saturated heterocycles. The first-order chi connectivity index (χ1) is 26.0. The number of fused-ring (bicyclic) bond motifs is 6. The first-order valence-corrected chi connectivity index (χ1v) is 19.0. The van der Waals surface area contributed by atoms with Gasteiger partial charge >= 0.3 is 0 Å². The maximum atomic E-state index is 2.56. The van der Waals surface area contributed by atoms with Gasteiger partial charge in [0.1, 0.15) is 0 Å². The molecule has 0 saturated carbocycles. The number of rotatable bonds is 6. The van der Waals surface area contributed by atoms with E-state index < -0.39 is 0 Å². The lowest BCUT2D eigenvalue weighted by Gasteiger charge is -2.34. The predicted octanol–water partition coefficient (Wildman–Crippen LogP) is 12.9. The van der Waals surface area contributed by atoms with Gasteiger partial charge in [0.15, 0.2) is 0 Å². The predicted molar refractivity (Wildman–Crippen MR) is 223 cm³/mol. The number of para-hydroxylation sites is 1. The Morgan fingerprint density at radius 1 is 0.585 bits per heavy atom. The molecule has 3 atom stereocenters. The molecule has 0 N–H and O–H groups in total. The molecule has 1 aliphatic heterocycles. The molecule has 3 unspecified atom stereocenters. The Kier molecular flexibility index (Phi) is 7.47. The van der Waals surface area contributed by atoms with Crippen molar-refractivity contribution in [1.82, 2.24) is 0 Å². The Labute approximate surface area is 313 Å². The van der Waals surface area contributed by atoms with Crippen LogP contribution in [0.5, 0.6) is 0 Å². The van der Waals surface area contributed by atoms with Gasteiger partial charge in [0, 0.05) is 34.1 Å². The zero-order valence-corrected chi connectivity index (χ0v) is 30.2. The second-order valence-corrected chi connectivity index (χ2v) is 15.3. The molecule has 53 heavy (non-hydrogen) atoms. The molecule has 0 amide bonds. The minimum absolute atomic E-state index is 0.0685. The fourth-order valence-electron chi connectivity index (χ4n) is 9.27. The molecule has 6 aromatic carbocycles. The van der Waals surface area contributed by atoms with Crippen LogP contribution in [0.2, 0.25) is 0 Å². The monoisotopic (exact) mass is 682 g/mol. The molecule has 4 aliphatic rings. The lowest BCUT2D eigenvalue weighted by molar-refractivity contribution is 0.659. The lowest BCUT2D eigenvalue weighted by atomic mass is 9.82. The summed E-state index contributed by atoms with van der Waals surface area (Å²) in [5, 5.41) is 0. The number of nitrogens with zero attached hydrogens (tertiary/aromatic N) is 2. The third kappa shape index (κ3) is 5.24. The second kappa shape index (κ2) is 12.5. The van der Waals surface area contributed by atoms with Crippen molar-refractivity contribution in [2.24, 2.45) is 0 Å². The van der Waals surface area contributed by atoms with Gasteiger partial charge in [0.2, 0.25) is 0 Å². The van der Waals surface area contributed by atoms with Gasteiger partial charge in [-0.25, -0.2) is 0 Å². The SMILES string of the molecule is CC1(C)c2ccccc2-c2ccc(N(c3cccc(-c4ccccc4)c3)C3C=CC(c4ccc5c(c4)C4C=CC=CC4N5c4ccccc4)=CC3)cc21. The highest BCUT2D eigenvalue weighted by molar-refractivity contribution is 5.85. The summed E-state index contributed by atoms with van der Waals surface area (Å²) >= 11 is 0. The number of hydrogen-bond donors (Lipinski definition) is 0. The van der Waals surface area contributed by atoms with Crippen LogP contribution in [0.3, 0.4) is 0 Å². The molecule has 0 fully saturated rings. The zero-order chi connectivity index (χ0) is 35.5. The Morgan fingerprint density at radius 3 is 2.15 bits per heavy atom. The molecule has 0 aromatic heterocycles. The lowest BCUT2D eigenvalue weighted by Crippen LogP contribution is -2.30. The van der Waals surface area contributed by atoms with Crippen LogP contribution >= 0.6 is 0 Å². The fourth-order valence-corrected chi connectivity index (χ4v) is 9.27. The standard InChI is InChI=1S/C51H42N2/c1-51(2)47-22-11-9-20-43(47)44-30-29-42(34-48(44)51)52(41-19-13-16-37(32-41)35-14-5-3-6-15-35)40-27-24-36(25-28-40)38-26-31-50-46(33-38)45-21-10-12-23-49(45)53(50)39-17-7-4-8-18-39/h3-27,29-34,40,45,49H,28H2,1-2H3. The molecule has 3 aliphatic carbocycles. The van der Waals surface area contributed by atoms with E-state index >= 15 is 0 Å². The summed E-state index contributed by atoms with van der Waals surface area (Å²) in [7, 11) is 0. The average Bonchev–Trinajstić information content (AvgIpc) is 3.67. The van der Waals surface area contributed by atoms with Gasteiger partial charge in [-0.3, -0.25) is 0 Å². The van der Waals surface area contributed by atoms with E-state index in [4.69, 9.17) is 0 Å². The van der Waals surface area contributed by atoms with Crippen LogP contribution in [0.15, 0.2) is 188 Å². The van der Waals surface area contributed by atoms with Crippen LogP contribution in [-0.4, -0.2) is 12.1 Å². The van der Waals surface area contributed by atoms with Crippen LogP contribution in [0.4, 0.5) is 22.7 Å². The van der Waals surface area contributed by atoms with E-state index in [0.717, 1.165) is 6.42 Å².